The summed E-state index contributed by atoms with van der Waals surface area (Å²) in [5.41, 5.74) is 0.431. The van der Waals surface area contributed by atoms with E-state index in [0.29, 0.717) is 21.8 Å². The fraction of sp³-hybridized carbons (Fsp3) is 0.100. The fourth-order valence-corrected chi connectivity index (χ4v) is 4.52. The van der Waals surface area contributed by atoms with Gasteiger partial charge in [-0.15, -0.1) is 0 Å². The number of aromatic nitrogens is 2. The van der Waals surface area contributed by atoms with Crippen LogP contribution in [0, 0.1) is 7.14 Å². The number of benzene rings is 1. The van der Waals surface area contributed by atoms with Crippen LogP contribution in [0.25, 0.3) is 10.9 Å². The largest absolute Gasteiger partial charge is 0.273 e. The van der Waals surface area contributed by atoms with Gasteiger partial charge in [-0.05, 0) is 57.3 Å². The molecule has 1 aromatic heterocycles. The zero-order valence-electron chi connectivity index (χ0n) is 8.24. The van der Waals surface area contributed by atoms with Crippen LogP contribution in [-0.4, -0.2) is 21.2 Å². The highest BCUT2D eigenvalue weighted by Crippen LogP contribution is 2.26. The van der Waals surface area contributed by atoms with Crippen molar-refractivity contribution in [1.82, 2.24) is 9.55 Å². The molecule has 2 heterocycles. The minimum atomic E-state index is -0.253. The number of carbonyl (C=O) groups excluding carboxylic acids is 1. The first-order valence-electron chi connectivity index (χ1n) is 4.66. The predicted molar refractivity (Wildman–Crippen MR) is 82.8 cm³/mol. The Kier molecular flexibility index (Phi) is 2.94. The lowest BCUT2D eigenvalue weighted by Crippen LogP contribution is -2.26. The molecule has 3 rings (SSSR count). The Morgan fingerprint density at radius 1 is 1.29 bits per heavy atom. The van der Waals surface area contributed by atoms with Crippen molar-refractivity contribution in [2.45, 2.75) is 5.16 Å². The Morgan fingerprint density at radius 2 is 2.06 bits per heavy atom. The SMILES string of the molecule is O=C1CSc2nc3c(I)cc(I)cc3c(=O)n21. The number of hydrogen-bond donors (Lipinski definition) is 0. The monoisotopic (exact) mass is 470 g/mol. The highest BCUT2D eigenvalue weighted by atomic mass is 127. The second-order valence-corrected chi connectivity index (χ2v) is 6.85. The zero-order chi connectivity index (χ0) is 12.2. The van der Waals surface area contributed by atoms with E-state index in [-0.39, 0.29) is 11.5 Å². The van der Waals surface area contributed by atoms with Crippen molar-refractivity contribution in [2.75, 3.05) is 5.75 Å². The summed E-state index contributed by atoms with van der Waals surface area (Å²) >= 11 is 5.63. The number of thioether (sulfide) groups is 1. The summed E-state index contributed by atoms with van der Waals surface area (Å²) in [5.74, 6) is 0.116. The van der Waals surface area contributed by atoms with Crippen molar-refractivity contribution < 1.29 is 4.79 Å². The van der Waals surface area contributed by atoms with Crippen LogP contribution in [0.3, 0.4) is 0 Å². The molecule has 0 spiro atoms. The summed E-state index contributed by atoms with van der Waals surface area (Å²) in [6.45, 7) is 0. The minimum Gasteiger partial charge on any atom is -0.273 e. The molecule has 0 atom stereocenters. The summed E-state index contributed by atoms with van der Waals surface area (Å²) in [7, 11) is 0. The normalized spacial score (nSPS) is 14.4. The van der Waals surface area contributed by atoms with Gasteiger partial charge >= 0.3 is 0 Å². The van der Waals surface area contributed by atoms with E-state index >= 15 is 0 Å². The molecule has 4 nitrogen and oxygen atoms in total. The number of halogens is 2. The maximum absolute atomic E-state index is 12.2. The van der Waals surface area contributed by atoms with Gasteiger partial charge in [0, 0.05) is 7.14 Å². The molecule has 1 aliphatic heterocycles. The molecular weight excluding hydrogens is 466 g/mol. The molecule has 1 aliphatic rings. The summed E-state index contributed by atoms with van der Waals surface area (Å²) in [5, 5.41) is 1.02. The van der Waals surface area contributed by atoms with Crippen LogP contribution in [-0.2, 0) is 0 Å². The Hall–Kier alpha value is -0.160. The number of fused-ring (bicyclic) bond motifs is 2. The molecular formula is C10H4I2N2O2S. The average Bonchev–Trinajstić information content (AvgIpc) is 2.63. The van der Waals surface area contributed by atoms with E-state index in [1.165, 1.54) is 16.3 Å². The average molecular weight is 470 g/mol. The molecule has 0 unspecified atom stereocenters. The predicted octanol–water partition coefficient (Wildman–Crippen LogP) is 2.35. The fourth-order valence-electron chi connectivity index (χ4n) is 1.70. The van der Waals surface area contributed by atoms with E-state index in [0.717, 1.165) is 7.14 Å². The van der Waals surface area contributed by atoms with E-state index in [1.54, 1.807) is 6.07 Å². The molecule has 0 saturated heterocycles. The Labute approximate surface area is 127 Å². The van der Waals surface area contributed by atoms with Gasteiger partial charge in [0.2, 0.25) is 5.91 Å². The highest BCUT2D eigenvalue weighted by Gasteiger charge is 2.24. The Bertz CT molecular complexity index is 726. The number of hydrogen-bond acceptors (Lipinski definition) is 4. The summed E-state index contributed by atoms with van der Waals surface area (Å²) in [6.07, 6.45) is 0. The van der Waals surface area contributed by atoms with Crippen molar-refractivity contribution in [1.29, 1.82) is 0 Å². The van der Waals surface area contributed by atoms with E-state index in [9.17, 15) is 9.59 Å². The molecule has 7 heteroatoms. The lowest BCUT2D eigenvalue weighted by Gasteiger charge is -2.05. The smallest absolute Gasteiger partial charge is 0.268 e. The van der Waals surface area contributed by atoms with Gasteiger partial charge in [-0.1, -0.05) is 11.8 Å². The Morgan fingerprint density at radius 3 is 2.82 bits per heavy atom. The third-order valence-corrected chi connectivity index (χ3v) is 4.80. The summed E-state index contributed by atoms with van der Waals surface area (Å²) in [4.78, 5) is 28.2. The second-order valence-electron chi connectivity index (χ2n) is 3.50. The standard InChI is InChI=1S/C10H4I2N2O2S/c11-4-1-5-8(6(12)2-4)13-10-14(9(5)16)7(15)3-17-10/h1-2H,3H2. The second kappa shape index (κ2) is 4.19. The number of rotatable bonds is 0. The lowest BCUT2D eigenvalue weighted by molar-refractivity contribution is 0.0934. The van der Waals surface area contributed by atoms with Crippen LogP contribution in [0.4, 0.5) is 0 Å². The van der Waals surface area contributed by atoms with E-state index < -0.39 is 0 Å². The maximum atomic E-state index is 12.2. The van der Waals surface area contributed by atoms with Crippen molar-refractivity contribution in [3.63, 3.8) is 0 Å². The van der Waals surface area contributed by atoms with Crippen molar-refractivity contribution in [2.24, 2.45) is 0 Å². The van der Waals surface area contributed by atoms with E-state index in [1.807, 2.05) is 6.07 Å². The molecule has 0 saturated carbocycles. The molecule has 86 valence electrons. The van der Waals surface area contributed by atoms with Crippen molar-refractivity contribution in [3.05, 3.63) is 29.6 Å². The molecule has 17 heavy (non-hydrogen) atoms. The van der Waals surface area contributed by atoms with Gasteiger partial charge < -0.3 is 0 Å². The first kappa shape index (κ1) is 11.9. The molecule has 0 amide bonds. The van der Waals surface area contributed by atoms with Gasteiger partial charge in [0.15, 0.2) is 5.16 Å². The topological polar surface area (TPSA) is 52.0 Å². The van der Waals surface area contributed by atoms with Crippen LogP contribution in [0.15, 0.2) is 22.1 Å². The molecule has 1 aromatic carbocycles. The molecule has 0 aliphatic carbocycles. The molecule has 0 N–H and O–H groups in total. The minimum absolute atomic E-state index is 0.182. The zero-order valence-corrected chi connectivity index (χ0v) is 13.4. The van der Waals surface area contributed by atoms with Crippen molar-refractivity contribution in [3.8, 4) is 0 Å². The number of carbonyl (C=O) groups is 1. The van der Waals surface area contributed by atoms with Crippen LogP contribution in [0.5, 0.6) is 0 Å². The van der Waals surface area contributed by atoms with Crippen LogP contribution in [0.2, 0.25) is 0 Å². The first-order valence-corrected chi connectivity index (χ1v) is 7.80. The van der Waals surface area contributed by atoms with Crippen LogP contribution < -0.4 is 5.56 Å². The summed E-state index contributed by atoms with van der Waals surface area (Å²) < 4.78 is 3.08. The first-order chi connectivity index (χ1) is 8.08. The lowest BCUT2D eigenvalue weighted by atomic mass is 10.2. The highest BCUT2D eigenvalue weighted by molar-refractivity contribution is 14.1. The third-order valence-electron chi connectivity index (χ3n) is 2.43. The van der Waals surface area contributed by atoms with Gasteiger partial charge in [0.05, 0.1) is 16.7 Å². The number of nitrogens with zero attached hydrogens (tertiary/aromatic N) is 2. The van der Waals surface area contributed by atoms with E-state index in [4.69, 9.17) is 0 Å². The van der Waals surface area contributed by atoms with Crippen molar-refractivity contribution >= 4 is 73.8 Å². The van der Waals surface area contributed by atoms with Gasteiger partial charge in [0.25, 0.3) is 5.56 Å². The van der Waals surface area contributed by atoms with E-state index in [2.05, 4.69) is 50.2 Å². The van der Waals surface area contributed by atoms with Gasteiger partial charge in [-0.3, -0.25) is 9.59 Å². The van der Waals surface area contributed by atoms with Crippen LogP contribution in [0.1, 0.15) is 4.79 Å². The summed E-state index contributed by atoms with van der Waals surface area (Å²) in [6, 6.07) is 3.74. The maximum Gasteiger partial charge on any atom is 0.268 e. The molecule has 0 fully saturated rings. The molecule has 0 radical (unpaired) electrons. The molecule has 2 aromatic rings. The molecule has 0 bridgehead atoms. The Balaban J connectivity index is 2.53. The van der Waals surface area contributed by atoms with Gasteiger partial charge in [-0.2, -0.15) is 0 Å². The van der Waals surface area contributed by atoms with Gasteiger partial charge in [-0.25, -0.2) is 9.55 Å². The quantitative estimate of drug-likeness (QED) is 0.439. The third kappa shape index (κ3) is 1.82. The van der Waals surface area contributed by atoms with Crippen LogP contribution >= 0.6 is 56.9 Å². The van der Waals surface area contributed by atoms with Gasteiger partial charge in [0.1, 0.15) is 0 Å².